The van der Waals surface area contributed by atoms with Gasteiger partial charge in [-0.3, -0.25) is 4.79 Å². The van der Waals surface area contributed by atoms with Gasteiger partial charge >= 0.3 is 0 Å². The lowest BCUT2D eigenvalue weighted by atomic mass is 9.97. The Hall–Kier alpha value is -2.95. The van der Waals surface area contributed by atoms with Crippen LogP contribution >= 0.6 is 0 Å². The van der Waals surface area contributed by atoms with Gasteiger partial charge in [0.15, 0.2) is 11.5 Å². The van der Waals surface area contributed by atoms with Crippen molar-refractivity contribution in [1.29, 1.82) is 0 Å². The van der Waals surface area contributed by atoms with E-state index in [1.165, 1.54) is 17.2 Å². The molecule has 28 heavy (non-hydrogen) atoms. The van der Waals surface area contributed by atoms with Gasteiger partial charge in [0.25, 0.3) is 0 Å². The monoisotopic (exact) mass is 383 g/mol. The van der Waals surface area contributed by atoms with Crippen molar-refractivity contribution < 1.29 is 19.0 Å². The van der Waals surface area contributed by atoms with E-state index < -0.39 is 0 Å². The summed E-state index contributed by atoms with van der Waals surface area (Å²) < 4.78 is 16.1. The zero-order chi connectivity index (χ0) is 20.7. The average molecular weight is 383 g/mol. The minimum Gasteiger partial charge on any atom is -0.493 e. The third-order valence-corrected chi connectivity index (χ3v) is 4.67. The molecule has 5 heteroatoms. The maximum absolute atomic E-state index is 12.5. The van der Waals surface area contributed by atoms with Crippen molar-refractivity contribution in [2.45, 2.75) is 33.2 Å². The molecule has 5 nitrogen and oxygen atoms in total. The molecule has 0 unspecified atom stereocenters. The van der Waals surface area contributed by atoms with Crippen LogP contribution in [0.3, 0.4) is 0 Å². The summed E-state index contributed by atoms with van der Waals surface area (Å²) in [6.45, 7) is 6.20. The van der Waals surface area contributed by atoms with Crippen LogP contribution in [-0.4, -0.2) is 27.2 Å². The molecule has 1 amide bonds. The molecule has 0 aliphatic heterocycles. The molecule has 0 aliphatic rings. The highest BCUT2D eigenvalue weighted by atomic mass is 16.5. The molecule has 1 atom stereocenters. The number of hydrogen-bond donors (Lipinski definition) is 1. The van der Waals surface area contributed by atoms with Gasteiger partial charge < -0.3 is 19.5 Å². The molecule has 2 aromatic carbocycles. The van der Waals surface area contributed by atoms with E-state index in [1.807, 2.05) is 6.07 Å². The maximum atomic E-state index is 12.5. The van der Waals surface area contributed by atoms with Gasteiger partial charge in [0, 0.05) is 11.6 Å². The van der Waals surface area contributed by atoms with E-state index in [4.69, 9.17) is 14.2 Å². The van der Waals surface area contributed by atoms with E-state index in [0.29, 0.717) is 17.2 Å². The van der Waals surface area contributed by atoms with Gasteiger partial charge in [-0.05, 0) is 49.6 Å². The normalized spacial score (nSPS) is 11.9. The molecule has 0 radical (unpaired) electrons. The van der Waals surface area contributed by atoms with Crippen molar-refractivity contribution >= 4 is 12.0 Å². The van der Waals surface area contributed by atoms with Crippen LogP contribution in [0.15, 0.2) is 36.4 Å². The Kier molecular flexibility index (Phi) is 7.50. The SMILES string of the molecule is CC[C@@H](NC(=O)/C=C/c1ccc(OC)c(OC)c1OC)c1ccc(C)cc1C. The summed E-state index contributed by atoms with van der Waals surface area (Å²) in [4.78, 5) is 12.5. The van der Waals surface area contributed by atoms with E-state index in [-0.39, 0.29) is 11.9 Å². The smallest absolute Gasteiger partial charge is 0.244 e. The Bertz CT molecular complexity index is 858. The van der Waals surface area contributed by atoms with Gasteiger partial charge in [-0.2, -0.15) is 0 Å². The third kappa shape index (κ3) is 4.85. The first kappa shape index (κ1) is 21.4. The summed E-state index contributed by atoms with van der Waals surface area (Å²) in [5, 5.41) is 3.08. The Morgan fingerprint density at radius 2 is 1.75 bits per heavy atom. The van der Waals surface area contributed by atoms with Crippen LogP contribution in [0, 0.1) is 13.8 Å². The van der Waals surface area contributed by atoms with E-state index in [9.17, 15) is 4.79 Å². The maximum Gasteiger partial charge on any atom is 0.244 e. The standard InChI is InChI=1S/C23H29NO4/c1-7-19(18-11-8-15(2)14-16(18)3)24-21(25)13-10-17-9-12-20(26-4)23(28-6)22(17)27-5/h8-14,19H,7H2,1-6H3,(H,24,25)/b13-10+/t19-/m1/s1. The fourth-order valence-electron chi connectivity index (χ4n) is 3.26. The largest absolute Gasteiger partial charge is 0.493 e. The van der Waals surface area contributed by atoms with E-state index in [1.54, 1.807) is 33.5 Å². The van der Waals surface area contributed by atoms with E-state index in [0.717, 1.165) is 17.5 Å². The number of amides is 1. The van der Waals surface area contributed by atoms with Crippen LogP contribution in [-0.2, 0) is 4.79 Å². The molecule has 0 aliphatic carbocycles. The number of aryl methyl sites for hydroxylation is 2. The highest BCUT2D eigenvalue weighted by Crippen LogP contribution is 2.40. The van der Waals surface area contributed by atoms with Crippen molar-refractivity contribution in [3.8, 4) is 17.2 Å². The lowest BCUT2D eigenvalue weighted by Crippen LogP contribution is -2.26. The number of nitrogens with one attached hydrogen (secondary N) is 1. The first-order valence-corrected chi connectivity index (χ1v) is 9.29. The number of methoxy groups -OCH3 is 3. The van der Waals surface area contributed by atoms with Gasteiger partial charge in [-0.1, -0.05) is 30.7 Å². The Morgan fingerprint density at radius 3 is 2.32 bits per heavy atom. The summed E-state index contributed by atoms with van der Waals surface area (Å²) in [6.07, 6.45) is 4.03. The zero-order valence-electron chi connectivity index (χ0n) is 17.5. The van der Waals surface area contributed by atoms with E-state index >= 15 is 0 Å². The molecule has 0 fully saturated rings. The number of ether oxygens (including phenoxy) is 3. The molecule has 0 aromatic heterocycles. The summed E-state index contributed by atoms with van der Waals surface area (Å²) in [5.74, 6) is 1.42. The number of benzene rings is 2. The first-order chi connectivity index (χ1) is 13.4. The molecular weight excluding hydrogens is 354 g/mol. The van der Waals surface area contributed by atoms with Crippen LogP contribution < -0.4 is 19.5 Å². The van der Waals surface area contributed by atoms with E-state index in [2.05, 4.69) is 44.3 Å². The van der Waals surface area contributed by atoms with Crippen molar-refractivity contribution in [3.63, 3.8) is 0 Å². The predicted molar refractivity (Wildman–Crippen MR) is 112 cm³/mol. The molecular formula is C23H29NO4. The third-order valence-electron chi connectivity index (χ3n) is 4.67. The summed E-state index contributed by atoms with van der Waals surface area (Å²) in [5.41, 5.74) is 4.26. The first-order valence-electron chi connectivity index (χ1n) is 9.29. The zero-order valence-corrected chi connectivity index (χ0v) is 17.5. The summed E-state index contributed by atoms with van der Waals surface area (Å²) >= 11 is 0. The van der Waals surface area contributed by atoms with Crippen LogP contribution in [0.4, 0.5) is 0 Å². The Labute approximate surface area is 167 Å². The van der Waals surface area contributed by atoms with Gasteiger partial charge in [-0.15, -0.1) is 0 Å². The molecule has 0 heterocycles. The lowest BCUT2D eigenvalue weighted by molar-refractivity contribution is -0.117. The number of rotatable bonds is 8. The van der Waals surface area contributed by atoms with Gasteiger partial charge in [0.2, 0.25) is 11.7 Å². The van der Waals surface area contributed by atoms with Crippen molar-refractivity contribution in [2.75, 3.05) is 21.3 Å². The molecule has 0 bridgehead atoms. The number of carbonyl (C=O) groups excluding carboxylic acids is 1. The summed E-state index contributed by atoms with van der Waals surface area (Å²) in [7, 11) is 4.68. The highest BCUT2D eigenvalue weighted by molar-refractivity contribution is 5.92. The topological polar surface area (TPSA) is 56.8 Å². The minimum atomic E-state index is -0.163. The molecule has 0 saturated carbocycles. The fourth-order valence-corrected chi connectivity index (χ4v) is 3.26. The second-order valence-electron chi connectivity index (χ2n) is 6.59. The molecule has 0 saturated heterocycles. The van der Waals surface area contributed by atoms with Crippen LogP contribution in [0.2, 0.25) is 0 Å². The van der Waals surface area contributed by atoms with Gasteiger partial charge in [0.05, 0.1) is 27.4 Å². The molecule has 150 valence electrons. The minimum absolute atomic E-state index is 0.0370. The Morgan fingerprint density at radius 1 is 1.04 bits per heavy atom. The molecule has 0 spiro atoms. The second-order valence-corrected chi connectivity index (χ2v) is 6.59. The summed E-state index contributed by atoms with van der Waals surface area (Å²) in [6, 6.07) is 9.86. The van der Waals surface area contributed by atoms with Crippen LogP contribution in [0.25, 0.3) is 6.08 Å². The fraction of sp³-hybridized carbons (Fsp3) is 0.348. The van der Waals surface area contributed by atoms with Gasteiger partial charge in [-0.25, -0.2) is 0 Å². The van der Waals surface area contributed by atoms with Crippen LogP contribution in [0.5, 0.6) is 17.2 Å². The molecule has 2 aromatic rings. The van der Waals surface area contributed by atoms with Crippen LogP contribution in [0.1, 0.15) is 41.6 Å². The molecule has 1 N–H and O–H groups in total. The average Bonchev–Trinajstić information content (AvgIpc) is 2.69. The second kappa shape index (κ2) is 9.83. The highest BCUT2D eigenvalue weighted by Gasteiger charge is 2.16. The van der Waals surface area contributed by atoms with Gasteiger partial charge in [0.1, 0.15) is 0 Å². The van der Waals surface area contributed by atoms with Crippen molar-refractivity contribution in [3.05, 3.63) is 58.7 Å². The predicted octanol–water partition coefficient (Wildman–Crippen LogP) is 4.61. The Balaban J connectivity index is 2.21. The number of hydrogen-bond acceptors (Lipinski definition) is 4. The molecule has 2 rings (SSSR count). The quantitative estimate of drug-likeness (QED) is 0.677. The number of carbonyl (C=O) groups is 1. The van der Waals surface area contributed by atoms with Crippen molar-refractivity contribution in [1.82, 2.24) is 5.32 Å². The van der Waals surface area contributed by atoms with Crippen molar-refractivity contribution in [2.24, 2.45) is 0 Å². The lowest BCUT2D eigenvalue weighted by Gasteiger charge is -2.19.